The highest BCUT2D eigenvalue weighted by Crippen LogP contribution is 2.30. The second-order valence-corrected chi connectivity index (χ2v) is 8.56. The first-order chi connectivity index (χ1) is 14.6. The highest BCUT2D eigenvalue weighted by atomic mass is 35.5. The fourth-order valence-electron chi connectivity index (χ4n) is 3.35. The molecule has 0 spiro atoms. The van der Waals surface area contributed by atoms with Gasteiger partial charge in [0.05, 0.1) is 11.7 Å². The van der Waals surface area contributed by atoms with Crippen molar-refractivity contribution >= 4 is 23.4 Å². The molecule has 3 aromatic carbocycles. The molecule has 4 aromatic rings. The number of hydrogen-bond acceptors (Lipinski definition) is 4. The summed E-state index contributed by atoms with van der Waals surface area (Å²) < 4.78 is 2.06. The van der Waals surface area contributed by atoms with Gasteiger partial charge in [-0.15, -0.1) is 10.2 Å². The second kappa shape index (κ2) is 9.47. The highest BCUT2D eigenvalue weighted by Gasteiger charge is 2.21. The van der Waals surface area contributed by atoms with Crippen molar-refractivity contribution in [3.8, 4) is 5.69 Å². The van der Waals surface area contributed by atoms with Crippen LogP contribution in [-0.4, -0.2) is 14.8 Å². The molecule has 0 aliphatic carbocycles. The van der Waals surface area contributed by atoms with Crippen LogP contribution in [0.4, 0.5) is 0 Å². The minimum atomic E-state index is -0.288. The highest BCUT2D eigenvalue weighted by molar-refractivity contribution is 7.98. The van der Waals surface area contributed by atoms with E-state index in [1.807, 2.05) is 54.6 Å². The molecule has 1 atom stereocenters. The Labute approximate surface area is 186 Å². The van der Waals surface area contributed by atoms with E-state index in [-0.39, 0.29) is 6.04 Å². The molecule has 1 unspecified atom stereocenters. The van der Waals surface area contributed by atoms with Crippen molar-refractivity contribution in [2.24, 2.45) is 5.73 Å². The lowest BCUT2D eigenvalue weighted by molar-refractivity contribution is 0.643. The maximum absolute atomic E-state index is 6.61. The van der Waals surface area contributed by atoms with Crippen LogP contribution in [0, 0.1) is 6.92 Å². The van der Waals surface area contributed by atoms with Crippen LogP contribution >= 0.6 is 23.4 Å². The molecule has 152 valence electrons. The van der Waals surface area contributed by atoms with Gasteiger partial charge in [0.25, 0.3) is 0 Å². The second-order valence-electron chi connectivity index (χ2n) is 7.18. The number of rotatable bonds is 7. The normalized spacial score (nSPS) is 12.1. The molecule has 1 heterocycles. The van der Waals surface area contributed by atoms with Gasteiger partial charge >= 0.3 is 0 Å². The number of thioether (sulfide) groups is 1. The summed E-state index contributed by atoms with van der Waals surface area (Å²) in [6, 6.07) is 26.1. The molecule has 1 aromatic heterocycles. The smallest absolute Gasteiger partial charge is 0.196 e. The van der Waals surface area contributed by atoms with Crippen LogP contribution in [0.3, 0.4) is 0 Å². The van der Waals surface area contributed by atoms with Crippen molar-refractivity contribution in [3.05, 3.63) is 106 Å². The number of halogens is 1. The van der Waals surface area contributed by atoms with Gasteiger partial charge in [0.1, 0.15) is 0 Å². The summed E-state index contributed by atoms with van der Waals surface area (Å²) >= 11 is 7.97. The molecule has 2 N–H and O–H groups in total. The molecule has 0 fully saturated rings. The molecule has 0 aliphatic heterocycles. The number of aromatic nitrogens is 3. The molecule has 30 heavy (non-hydrogen) atoms. The molecule has 4 rings (SSSR count). The molecule has 6 heteroatoms. The van der Waals surface area contributed by atoms with E-state index in [9.17, 15) is 0 Å². The summed E-state index contributed by atoms with van der Waals surface area (Å²) in [7, 11) is 0. The topological polar surface area (TPSA) is 56.7 Å². The first-order valence-corrected chi connectivity index (χ1v) is 11.2. The Bertz CT molecular complexity index is 1110. The third-order valence-corrected chi connectivity index (χ3v) is 6.15. The minimum Gasteiger partial charge on any atom is -0.321 e. The van der Waals surface area contributed by atoms with Crippen LogP contribution in [0.5, 0.6) is 0 Å². The fourth-order valence-corrected chi connectivity index (χ4v) is 4.42. The Hall–Kier alpha value is -2.60. The average molecular weight is 435 g/mol. The number of hydrogen-bond donors (Lipinski definition) is 1. The van der Waals surface area contributed by atoms with E-state index in [1.54, 1.807) is 11.8 Å². The van der Waals surface area contributed by atoms with Crippen LogP contribution in [-0.2, 0) is 12.2 Å². The average Bonchev–Trinajstić information content (AvgIpc) is 3.19. The third-order valence-electron chi connectivity index (χ3n) is 4.91. The van der Waals surface area contributed by atoms with Crippen LogP contribution < -0.4 is 5.73 Å². The monoisotopic (exact) mass is 434 g/mol. The molecule has 4 nitrogen and oxygen atoms in total. The Morgan fingerprint density at radius 3 is 2.30 bits per heavy atom. The van der Waals surface area contributed by atoms with Crippen molar-refractivity contribution in [1.29, 1.82) is 0 Å². The van der Waals surface area contributed by atoms with Gasteiger partial charge in [-0.05, 0) is 42.2 Å². The summed E-state index contributed by atoms with van der Waals surface area (Å²) in [5, 5.41) is 10.5. The standard InChI is InChI=1S/C24H23ClN4S/c1-17-12-13-20(25)15-22(17)29-23(21(26)14-18-8-4-2-5-9-18)27-28-24(29)30-16-19-10-6-3-7-11-19/h2-13,15,21H,14,16,26H2,1H3. The lowest BCUT2D eigenvalue weighted by atomic mass is 10.1. The fraction of sp³-hybridized carbons (Fsp3) is 0.167. The van der Waals surface area contributed by atoms with Gasteiger partial charge in [-0.3, -0.25) is 4.57 Å². The van der Waals surface area contributed by atoms with Gasteiger partial charge in [-0.1, -0.05) is 90.1 Å². The van der Waals surface area contributed by atoms with Crippen molar-refractivity contribution in [1.82, 2.24) is 14.8 Å². The van der Waals surface area contributed by atoms with E-state index in [2.05, 4.69) is 46.0 Å². The van der Waals surface area contributed by atoms with E-state index in [0.29, 0.717) is 11.4 Å². The number of aryl methyl sites for hydroxylation is 1. The number of benzene rings is 3. The summed E-state index contributed by atoms with van der Waals surface area (Å²) in [6.07, 6.45) is 0.682. The van der Waals surface area contributed by atoms with Crippen molar-refractivity contribution in [3.63, 3.8) is 0 Å². The van der Waals surface area contributed by atoms with Crippen molar-refractivity contribution in [2.45, 2.75) is 30.3 Å². The lowest BCUT2D eigenvalue weighted by Gasteiger charge is -2.17. The van der Waals surface area contributed by atoms with E-state index in [0.717, 1.165) is 28.0 Å². The van der Waals surface area contributed by atoms with Crippen LogP contribution in [0.1, 0.15) is 28.6 Å². The Kier molecular flexibility index (Phi) is 6.53. The zero-order valence-corrected chi connectivity index (χ0v) is 18.3. The summed E-state index contributed by atoms with van der Waals surface area (Å²) in [5.41, 5.74) is 11.1. The van der Waals surface area contributed by atoms with Gasteiger partial charge in [-0.25, -0.2) is 0 Å². The zero-order chi connectivity index (χ0) is 20.9. The molecule has 0 aliphatic rings. The van der Waals surface area contributed by atoms with Gasteiger partial charge in [-0.2, -0.15) is 0 Å². The minimum absolute atomic E-state index is 0.288. The molecular formula is C24H23ClN4S. The zero-order valence-electron chi connectivity index (χ0n) is 16.7. The van der Waals surface area contributed by atoms with Crippen molar-refractivity contribution in [2.75, 3.05) is 0 Å². The largest absolute Gasteiger partial charge is 0.321 e. The van der Waals surface area contributed by atoms with E-state index < -0.39 is 0 Å². The van der Waals surface area contributed by atoms with Gasteiger partial charge < -0.3 is 5.73 Å². The summed E-state index contributed by atoms with van der Waals surface area (Å²) in [6.45, 7) is 2.06. The van der Waals surface area contributed by atoms with Gasteiger partial charge in [0.15, 0.2) is 11.0 Å². The quantitative estimate of drug-likeness (QED) is 0.375. The van der Waals surface area contributed by atoms with Crippen LogP contribution in [0.2, 0.25) is 5.02 Å². The van der Waals surface area contributed by atoms with Crippen LogP contribution in [0.25, 0.3) is 5.69 Å². The summed E-state index contributed by atoms with van der Waals surface area (Å²) in [5.74, 6) is 1.53. The van der Waals surface area contributed by atoms with Gasteiger partial charge in [0, 0.05) is 10.8 Å². The Balaban J connectivity index is 1.70. The summed E-state index contributed by atoms with van der Waals surface area (Å²) in [4.78, 5) is 0. The first-order valence-electron chi connectivity index (χ1n) is 9.80. The van der Waals surface area contributed by atoms with E-state index in [4.69, 9.17) is 17.3 Å². The molecule has 0 saturated carbocycles. The van der Waals surface area contributed by atoms with Crippen LogP contribution in [0.15, 0.2) is 84.0 Å². The predicted molar refractivity (Wildman–Crippen MR) is 124 cm³/mol. The third kappa shape index (κ3) is 4.75. The number of nitrogens with two attached hydrogens (primary N) is 1. The molecule has 0 saturated heterocycles. The predicted octanol–water partition coefficient (Wildman–Crippen LogP) is 5.76. The molecule has 0 bridgehead atoms. The van der Waals surface area contributed by atoms with Crippen molar-refractivity contribution < 1.29 is 0 Å². The maximum Gasteiger partial charge on any atom is 0.196 e. The van der Waals surface area contributed by atoms with Gasteiger partial charge in [0.2, 0.25) is 0 Å². The molecular weight excluding hydrogens is 412 g/mol. The Morgan fingerprint density at radius 2 is 1.60 bits per heavy atom. The SMILES string of the molecule is Cc1ccc(Cl)cc1-n1c(SCc2ccccc2)nnc1C(N)Cc1ccccc1. The van der Waals surface area contributed by atoms with E-state index in [1.165, 1.54) is 11.1 Å². The van der Waals surface area contributed by atoms with E-state index >= 15 is 0 Å². The number of nitrogens with zero attached hydrogens (tertiary/aromatic N) is 3. The molecule has 0 radical (unpaired) electrons. The molecule has 0 amide bonds. The Morgan fingerprint density at radius 1 is 0.933 bits per heavy atom. The lowest BCUT2D eigenvalue weighted by Crippen LogP contribution is -2.19. The maximum atomic E-state index is 6.61. The first kappa shape index (κ1) is 20.7.